The van der Waals surface area contributed by atoms with Crippen molar-refractivity contribution in [2.45, 2.75) is 32.5 Å². The first-order valence-electron chi connectivity index (χ1n) is 6.96. The molecule has 0 radical (unpaired) electrons. The molecule has 20 heavy (non-hydrogen) atoms. The second kappa shape index (κ2) is 5.71. The minimum absolute atomic E-state index is 0.699. The van der Waals surface area contributed by atoms with Crippen molar-refractivity contribution < 1.29 is 5.11 Å². The van der Waals surface area contributed by atoms with Gasteiger partial charge < -0.3 is 19.5 Å². The van der Waals surface area contributed by atoms with E-state index in [0.29, 0.717) is 0 Å². The zero-order chi connectivity index (χ0) is 14.9. The van der Waals surface area contributed by atoms with Crippen LogP contribution in [0, 0.1) is 0 Å². The Morgan fingerprint density at radius 3 is 2.75 bits per heavy atom. The molecule has 0 fully saturated rings. The maximum atomic E-state index is 10.4. The highest BCUT2D eigenvalue weighted by Crippen LogP contribution is 2.34. The van der Waals surface area contributed by atoms with Crippen molar-refractivity contribution in [3.05, 3.63) is 30.8 Å². The Balaban J connectivity index is 2.09. The lowest BCUT2D eigenvalue weighted by atomic mass is 10.1. The molecule has 0 aromatic carbocycles. The molecule has 0 aliphatic carbocycles. The topological polar surface area (TPSA) is 44.5 Å². The summed E-state index contributed by atoms with van der Waals surface area (Å²) in [5.74, 6) is 0.781. The number of aryl methyl sites for hydroxylation is 1. The van der Waals surface area contributed by atoms with Crippen LogP contribution >= 0.6 is 0 Å². The van der Waals surface area contributed by atoms with Crippen molar-refractivity contribution in [2.75, 3.05) is 18.5 Å². The zero-order valence-corrected chi connectivity index (χ0v) is 12.6. The van der Waals surface area contributed by atoms with Crippen LogP contribution in [-0.2, 0) is 7.05 Å². The van der Waals surface area contributed by atoms with E-state index >= 15 is 0 Å². The minimum Gasteiger partial charge on any atom is -0.356 e. The number of aliphatic hydroxyl groups excluding tert-OH is 1. The van der Waals surface area contributed by atoms with Gasteiger partial charge in [-0.25, -0.2) is 4.98 Å². The Kier molecular flexibility index (Phi) is 4.18. The van der Waals surface area contributed by atoms with Crippen LogP contribution in [0.15, 0.2) is 25.1 Å². The molecular formula is C15H24N4O. The van der Waals surface area contributed by atoms with E-state index in [-0.39, 0.29) is 0 Å². The quantitative estimate of drug-likeness (QED) is 0.661. The first-order valence-corrected chi connectivity index (χ1v) is 6.96. The predicted molar refractivity (Wildman–Crippen MR) is 82.0 cm³/mol. The summed E-state index contributed by atoms with van der Waals surface area (Å²) in [6, 6.07) is 0. The fourth-order valence-corrected chi connectivity index (χ4v) is 2.56. The molecule has 1 aliphatic rings. The number of allylic oxidation sites excluding steroid dienone is 1. The van der Waals surface area contributed by atoms with E-state index < -0.39 is 6.35 Å². The number of aromatic nitrogens is 2. The molecule has 1 aromatic rings. The highest BCUT2D eigenvalue weighted by atomic mass is 16.3. The molecule has 1 atom stereocenters. The van der Waals surface area contributed by atoms with Crippen LogP contribution in [0.3, 0.4) is 0 Å². The summed E-state index contributed by atoms with van der Waals surface area (Å²) in [5, 5.41) is 10.4. The molecule has 0 bridgehead atoms. The number of hydrogen-bond acceptors (Lipinski definition) is 4. The Morgan fingerprint density at radius 1 is 1.40 bits per heavy atom. The summed E-state index contributed by atoms with van der Waals surface area (Å²) >= 11 is 0. The number of hydrogen-bond donors (Lipinski definition) is 1. The molecule has 1 aliphatic heterocycles. The van der Waals surface area contributed by atoms with E-state index in [1.807, 2.05) is 30.5 Å². The van der Waals surface area contributed by atoms with Gasteiger partial charge in [-0.15, -0.1) is 6.58 Å². The Labute approximate surface area is 120 Å². The first kappa shape index (κ1) is 14.7. The summed E-state index contributed by atoms with van der Waals surface area (Å²) in [6.45, 7) is 10.9. The van der Waals surface area contributed by atoms with Crippen LogP contribution in [0.25, 0.3) is 5.70 Å². The number of rotatable bonds is 5. The molecule has 0 amide bonds. The fourth-order valence-electron chi connectivity index (χ4n) is 2.56. The third-order valence-electron chi connectivity index (χ3n) is 3.75. The van der Waals surface area contributed by atoms with Gasteiger partial charge in [0.15, 0.2) is 5.82 Å². The lowest BCUT2D eigenvalue weighted by Gasteiger charge is -2.41. The molecule has 2 rings (SSSR count). The third-order valence-corrected chi connectivity index (χ3v) is 3.75. The van der Waals surface area contributed by atoms with Crippen molar-refractivity contribution in [3.63, 3.8) is 0 Å². The Bertz CT molecular complexity index is 520. The standard InChI is InChI=1S/C15H24N4O/c1-11(2)8-6-7-9-19-12(3)13-14(16-10-17(13)4)18(5)15(19)20/h10,15,20H,1,3,6-9H2,2,4-5H3. The first-order chi connectivity index (χ1) is 9.43. The summed E-state index contributed by atoms with van der Waals surface area (Å²) in [4.78, 5) is 8.04. The number of fused-ring (bicyclic) bond motifs is 1. The second-order valence-electron chi connectivity index (χ2n) is 5.54. The van der Waals surface area contributed by atoms with Crippen LogP contribution in [0.5, 0.6) is 0 Å². The average Bonchev–Trinajstić information content (AvgIpc) is 2.77. The van der Waals surface area contributed by atoms with Crippen LogP contribution in [0.1, 0.15) is 31.9 Å². The van der Waals surface area contributed by atoms with Crippen molar-refractivity contribution >= 4 is 11.5 Å². The predicted octanol–water partition coefficient (Wildman–Crippen LogP) is 2.16. The van der Waals surface area contributed by atoms with E-state index in [2.05, 4.69) is 18.1 Å². The number of nitrogens with zero attached hydrogens (tertiary/aromatic N) is 4. The van der Waals surface area contributed by atoms with Gasteiger partial charge in [0.25, 0.3) is 0 Å². The number of aliphatic hydroxyl groups is 1. The van der Waals surface area contributed by atoms with E-state index in [4.69, 9.17) is 0 Å². The van der Waals surface area contributed by atoms with Gasteiger partial charge >= 0.3 is 0 Å². The molecule has 1 N–H and O–H groups in total. The van der Waals surface area contributed by atoms with Gasteiger partial charge in [0, 0.05) is 20.6 Å². The summed E-state index contributed by atoms with van der Waals surface area (Å²) in [5.41, 5.74) is 3.01. The molecule has 2 heterocycles. The summed E-state index contributed by atoms with van der Waals surface area (Å²) < 4.78 is 1.95. The molecule has 5 nitrogen and oxygen atoms in total. The smallest absolute Gasteiger partial charge is 0.208 e. The van der Waals surface area contributed by atoms with Gasteiger partial charge in [0.2, 0.25) is 6.35 Å². The number of unbranched alkanes of at least 4 members (excludes halogenated alkanes) is 1. The third kappa shape index (κ3) is 2.58. The largest absolute Gasteiger partial charge is 0.356 e. The summed E-state index contributed by atoms with van der Waals surface area (Å²) in [6.07, 6.45) is 4.17. The van der Waals surface area contributed by atoms with Gasteiger partial charge in [-0.2, -0.15) is 0 Å². The van der Waals surface area contributed by atoms with Crippen LogP contribution in [0.4, 0.5) is 5.82 Å². The molecular weight excluding hydrogens is 252 g/mol. The highest BCUT2D eigenvalue weighted by molar-refractivity contribution is 5.73. The van der Waals surface area contributed by atoms with Crippen LogP contribution in [-0.4, -0.2) is 39.5 Å². The normalized spacial score (nSPS) is 18.4. The van der Waals surface area contributed by atoms with Gasteiger partial charge in [-0.1, -0.05) is 12.2 Å². The zero-order valence-electron chi connectivity index (χ0n) is 12.6. The Hall–Kier alpha value is -1.75. The molecule has 0 saturated carbocycles. The lowest BCUT2D eigenvalue weighted by Crippen LogP contribution is -2.49. The van der Waals surface area contributed by atoms with Gasteiger partial charge in [-0.05, 0) is 26.2 Å². The number of anilines is 1. The van der Waals surface area contributed by atoms with Crippen molar-refractivity contribution in [1.29, 1.82) is 0 Å². The SMILES string of the molecule is C=C(C)CCCCN1C(=C)c2c(ncn2C)N(C)C1O. The van der Waals surface area contributed by atoms with Gasteiger partial charge in [-0.3, -0.25) is 0 Å². The maximum absolute atomic E-state index is 10.4. The van der Waals surface area contributed by atoms with Crippen molar-refractivity contribution in [2.24, 2.45) is 7.05 Å². The number of imidazole rings is 1. The molecule has 110 valence electrons. The molecule has 0 spiro atoms. The minimum atomic E-state index is -0.699. The van der Waals surface area contributed by atoms with Crippen molar-refractivity contribution in [1.82, 2.24) is 14.5 Å². The Morgan fingerprint density at radius 2 is 2.10 bits per heavy atom. The van der Waals surface area contributed by atoms with Gasteiger partial charge in [0.05, 0.1) is 12.0 Å². The van der Waals surface area contributed by atoms with Crippen molar-refractivity contribution in [3.8, 4) is 0 Å². The maximum Gasteiger partial charge on any atom is 0.208 e. The molecule has 1 unspecified atom stereocenters. The fraction of sp³-hybridized carbons (Fsp3) is 0.533. The van der Waals surface area contributed by atoms with E-state index in [9.17, 15) is 5.11 Å². The monoisotopic (exact) mass is 276 g/mol. The summed E-state index contributed by atoms with van der Waals surface area (Å²) in [7, 11) is 3.80. The van der Waals surface area contributed by atoms with E-state index in [1.165, 1.54) is 5.57 Å². The highest BCUT2D eigenvalue weighted by Gasteiger charge is 2.33. The molecule has 5 heteroatoms. The van der Waals surface area contributed by atoms with Crippen LogP contribution in [0.2, 0.25) is 0 Å². The van der Waals surface area contributed by atoms with Crippen LogP contribution < -0.4 is 4.90 Å². The van der Waals surface area contributed by atoms with Gasteiger partial charge in [0.1, 0.15) is 5.69 Å². The molecule has 1 aromatic heterocycles. The second-order valence-corrected chi connectivity index (χ2v) is 5.54. The van der Waals surface area contributed by atoms with E-state index in [1.54, 1.807) is 11.2 Å². The molecule has 0 saturated heterocycles. The average molecular weight is 276 g/mol. The lowest BCUT2D eigenvalue weighted by molar-refractivity contribution is 0.0413. The van der Waals surface area contributed by atoms with E-state index in [0.717, 1.165) is 43.0 Å².